The van der Waals surface area contributed by atoms with Gasteiger partial charge in [-0.2, -0.15) is 0 Å². The van der Waals surface area contributed by atoms with Gasteiger partial charge in [0.15, 0.2) is 0 Å². The summed E-state index contributed by atoms with van der Waals surface area (Å²) in [5, 5.41) is 0. The predicted molar refractivity (Wildman–Crippen MR) is 62.2 cm³/mol. The first-order chi connectivity index (χ1) is 6.19. The Labute approximate surface area is 89.5 Å². The molecule has 0 heterocycles. The first kappa shape index (κ1) is 10.5. The van der Waals surface area contributed by atoms with E-state index in [1.165, 1.54) is 19.3 Å². The van der Waals surface area contributed by atoms with Crippen LogP contribution in [0.25, 0.3) is 0 Å². The van der Waals surface area contributed by atoms with Crippen molar-refractivity contribution in [3.63, 3.8) is 0 Å². The van der Waals surface area contributed by atoms with Crippen molar-refractivity contribution in [2.75, 3.05) is 0 Å². The van der Waals surface area contributed by atoms with Gasteiger partial charge in [0.05, 0.1) is 0 Å². The molecule has 0 aromatic carbocycles. The van der Waals surface area contributed by atoms with E-state index in [1.54, 1.807) is 0 Å². The highest BCUT2D eigenvalue weighted by Crippen LogP contribution is 2.70. The van der Waals surface area contributed by atoms with Gasteiger partial charge >= 0.3 is 0 Å². The molecule has 14 heavy (non-hydrogen) atoms. The highest BCUT2D eigenvalue weighted by atomic mass is 14.7. The van der Waals surface area contributed by atoms with E-state index in [0.717, 1.165) is 11.8 Å². The van der Waals surface area contributed by atoms with Crippen molar-refractivity contribution in [2.24, 2.45) is 28.1 Å². The van der Waals surface area contributed by atoms with E-state index < -0.39 is 0 Å². The van der Waals surface area contributed by atoms with Crippen molar-refractivity contribution in [2.45, 2.75) is 60.8 Å². The Morgan fingerprint density at radius 1 is 1.07 bits per heavy atom. The van der Waals surface area contributed by atoms with Gasteiger partial charge in [-0.15, -0.1) is 0 Å². The first-order valence-corrected chi connectivity index (χ1v) is 6.19. The van der Waals surface area contributed by atoms with Crippen LogP contribution in [0.3, 0.4) is 0 Å². The number of hydrogen-bond acceptors (Lipinski definition) is 0. The minimum atomic E-state index is 0.473. The van der Waals surface area contributed by atoms with Crippen LogP contribution in [-0.4, -0.2) is 0 Å². The third-order valence-corrected chi connectivity index (χ3v) is 5.97. The summed E-state index contributed by atoms with van der Waals surface area (Å²) in [6.45, 7) is 14.8. The van der Waals surface area contributed by atoms with Crippen LogP contribution in [0.15, 0.2) is 0 Å². The van der Waals surface area contributed by atoms with Gasteiger partial charge in [0, 0.05) is 0 Å². The quantitative estimate of drug-likeness (QED) is 0.533. The fraction of sp³-hybridized carbons (Fsp3) is 1.00. The number of hydrogen-bond donors (Lipinski definition) is 0. The van der Waals surface area contributed by atoms with Crippen LogP contribution in [0.2, 0.25) is 0 Å². The Kier molecular flexibility index (Phi) is 1.93. The molecule has 0 aromatic heterocycles. The zero-order chi connectivity index (χ0) is 10.8. The van der Waals surface area contributed by atoms with E-state index in [9.17, 15) is 0 Å². The van der Waals surface area contributed by atoms with Gasteiger partial charge < -0.3 is 0 Å². The maximum Gasteiger partial charge on any atom is -0.0244 e. The largest absolute Gasteiger partial charge is 0.0596 e. The van der Waals surface area contributed by atoms with E-state index in [1.807, 2.05) is 0 Å². The number of rotatable bonds is 0. The molecular weight excluding hydrogens is 168 g/mol. The molecule has 0 nitrogen and oxygen atoms in total. The molecule has 1 unspecified atom stereocenters. The highest BCUT2D eigenvalue weighted by Gasteiger charge is 2.61. The van der Waals surface area contributed by atoms with Crippen LogP contribution in [-0.2, 0) is 0 Å². The van der Waals surface area contributed by atoms with Crippen LogP contribution in [0.5, 0.6) is 0 Å². The third kappa shape index (κ3) is 1.06. The fourth-order valence-corrected chi connectivity index (χ4v) is 4.13. The maximum absolute atomic E-state index is 2.54. The van der Waals surface area contributed by atoms with Crippen molar-refractivity contribution >= 4 is 0 Å². The van der Waals surface area contributed by atoms with Crippen LogP contribution < -0.4 is 0 Å². The summed E-state index contributed by atoms with van der Waals surface area (Å²) in [4.78, 5) is 0. The Morgan fingerprint density at radius 2 is 1.64 bits per heavy atom. The first-order valence-electron chi connectivity index (χ1n) is 6.19. The lowest BCUT2D eigenvalue weighted by molar-refractivity contribution is -0.188. The molecule has 3 saturated carbocycles. The Morgan fingerprint density at radius 3 is 1.93 bits per heavy atom. The molecule has 3 rings (SSSR count). The van der Waals surface area contributed by atoms with Crippen molar-refractivity contribution in [3.05, 3.63) is 0 Å². The Balaban J connectivity index is 2.30. The summed E-state index contributed by atoms with van der Waals surface area (Å²) in [6, 6.07) is 0. The van der Waals surface area contributed by atoms with Gasteiger partial charge in [0.25, 0.3) is 0 Å². The second-order valence-electron chi connectivity index (χ2n) is 7.51. The Hall–Kier alpha value is 0. The SMILES string of the molecule is CC1(C)[C@@H]2CCC(C)(C(C)(C)C)[C@H]1C2. The summed E-state index contributed by atoms with van der Waals surface area (Å²) in [5.74, 6) is 2.00. The summed E-state index contributed by atoms with van der Waals surface area (Å²) in [6.07, 6.45) is 4.42. The van der Waals surface area contributed by atoms with Crippen molar-refractivity contribution in [1.29, 1.82) is 0 Å². The molecule has 82 valence electrons. The van der Waals surface area contributed by atoms with Gasteiger partial charge in [-0.1, -0.05) is 41.5 Å². The van der Waals surface area contributed by atoms with Crippen LogP contribution in [0.4, 0.5) is 0 Å². The molecule has 3 fully saturated rings. The molecule has 3 aliphatic rings. The molecular formula is C14H26. The smallest absolute Gasteiger partial charge is 0.0244 e. The van der Waals surface area contributed by atoms with Crippen molar-refractivity contribution < 1.29 is 0 Å². The lowest BCUT2D eigenvalue weighted by atomic mass is 9.37. The molecule has 0 N–H and O–H groups in total. The van der Waals surface area contributed by atoms with Crippen molar-refractivity contribution in [3.8, 4) is 0 Å². The average Bonchev–Trinajstić information content (AvgIpc) is 2.01. The Bertz CT molecular complexity index is 238. The normalized spacial score (nSPS) is 45.9. The molecule has 0 aromatic rings. The van der Waals surface area contributed by atoms with Gasteiger partial charge in [0.1, 0.15) is 0 Å². The van der Waals surface area contributed by atoms with Crippen LogP contribution in [0, 0.1) is 28.1 Å². The molecule has 0 spiro atoms. The molecule has 0 radical (unpaired) electrons. The van der Waals surface area contributed by atoms with Crippen LogP contribution in [0.1, 0.15) is 60.8 Å². The lowest BCUT2D eigenvalue weighted by Gasteiger charge is -2.68. The topological polar surface area (TPSA) is 0 Å². The highest BCUT2D eigenvalue weighted by molar-refractivity contribution is 5.10. The zero-order valence-electron chi connectivity index (χ0n) is 10.8. The van der Waals surface area contributed by atoms with Crippen LogP contribution >= 0.6 is 0 Å². The molecule has 3 aliphatic carbocycles. The lowest BCUT2D eigenvalue weighted by Crippen LogP contribution is -2.60. The van der Waals surface area contributed by atoms with Gasteiger partial charge in [-0.3, -0.25) is 0 Å². The minimum absolute atomic E-state index is 0.473. The molecule has 0 amide bonds. The molecule has 0 aliphatic heterocycles. The molecule has 0 heteroatoms. The van der Waals surface area contributed by atoms with E-state index in [-0.39, 0.29) is 0 Å². The van der Waals surface area contributed by atoms with E-state index in [2.05, 4.69) is 41.5 Å². The van der Waals surface area contributed by atoms with Gasteiger partial charge in [-0.25, -0.2) is 0 Å². The zero-order valence-corrected chi connectivity index (χ0v) is 10.8. The summed E-state index contributed by atoms with van der Waals surface area (Å²) < 4.78 is 0. The molecule has 2 bridgehead atoms. The fourth-order valence-electron chi connectivity index (χ4n) is 4.13. The molecule has 3 atom stereocenters. The monoisotopic (exact) mass is 194 g/mol. The predicted octanol–water partition coefficient (Wildman–Crippen LogP) is 4.49. The van der Waals surface area contributed by atoms with Gasteiger partial charge in [0.2, 0.25) is 0 Å². The minimum Gasteiger partial charge on any atom is -0.0596 e. The van der Waals surface area contributed by atoms with E-state index in [4.69, 9.17) is 0 Å². The van der Waals surface area contributed by atoms with Crippen molar-refractivity contribution in [1.82, 2.24) is 0 Å². The summed E-state index contributed by atoms with van der Waals surface area (Å²) >= 11 is 0. The summed E-state index contributed by atoms with van der Waals surface area (Å²) in [7, 11) is 0. The second kappa shape index (κ2) is 2.57. The third-order valence-electron chi connectivity index (χ3n) is 5.97. The van der Waals surface area contributed by atoms with E-state index in [0.29, 0.717) is 16.2 Å². The molecule has 0 saturated heterocycles. The summed E-state index contributed by atoms with van der Waals surface area (Å²) in [5.41, 5.74) is 1.67. The second-order valence-corrected chi connectivity index (χ2v) is 7.51. The maximum atomic E-state index is 2.54. The average molecular weight is 194 g/mol. The number of fused-ring (bicyclic) bond motifs is 2. The van der Waals surface area contributed by atoms with Gasteiger partial charge in [-0.05, 0) is 47.3 Å². The van der Waals surface area contributed by atoms with E-state index >= 15 is 0 Å². The standard InChI is InChI=1S/C14H26/c1-12(2,3)14(6)8-7-10-9-11(14)13(10,4)5/h10-11H,7-9H2,1-6H3/t10-,11+,14?/m1/s1.